The Kier molecular flexibility index (Phi) is 6.53. The Balaban J connectivity index is 1.38. The quantitative estimate of drug-likeness (QED) is 0.594. The molecule has 3 aromatic rings. The Morgan fingerprint density at radius 3 is 2.84 bits per heavy atom. The molecule has 1 saturated heterocycles. The highest BCUT2D eigenvalue weighted by Crippen LogP contribution is 2.26. The van der Waals surface area contributed by atoms with E-state index >= 15 is 0 Å². The second-order valence-electron chi connectivity index (χ2n) is 8.24. The van der Waals surface area contributed by atoms with Crippen molar-refractivity contribution in [3.63, 3.8) is 0 Å². The second kappa shape index (κ2) is 9.34. The third-order valence-corrected chi connectivity index (χ3v) is 7.96. The molecule has 0 saturated carbocycles. The number of benzene rings is 2. The number of aromatic nitrogens is 1. The average molecular weight is 456 g/mol. The largest absolute Gasteiger partial charge is 0.497 e. The lowest BCUT2D eigenvalue weighted by molar-refractivity contribution is -0.126. The molecule has 0 bridgehead atoms. The number of sulfonamides is 1. The minimum absolute atomic E-state index is 0.0914. The smallest absolute Gasteiger partial charge is 0.243 e. The van der Waals surface area contributed by atoms with Gasteiger partial charge in [0.15, 0.2) is 0 Å². The normalized spacial score (nSPS) is 17.4. The maximum atomic E-state index is 13.2. The third-order valence-electron chi connectivity index (χ3n) is 6.10. The van der Waals surface area contributed by atoms with Crippen LogP contribution in [0.4, 0.5) is 0 Å². The third kappa shape index (κ3) is 4.66. The van der Waals surface area contributed by atoms with Gasteiger partial charge in [-0.15, -0.1) is 0 Å². The van der Waals surface area contributed by atoms with E-state index in [-0.39, 0.29) is 23.3 Å². The predicted octanol–water partition coefficient (Wildman–Crippen LogP) is 2.95. The SMILES string of the molecule is COc1cccc(CCNC(=O)C2CCCN(S(=O)(=O)c3ccc4c(ccn4C)c3)C2)c1. The summed E-state index contributed by atoms with van der Waals surface area (Å²) in [6.45, 7) is 1.14. The molecule has 2 heterocycles. The van der Waals surface area contributed by atoms with Crippen LogP contribution in [-0.4, -0.2) is 49.9 Å². The van der Waals surface area contributed by atoms with Gasteiger partial charge in [0.25, 0.3) is 0 Å². The first-order valence-electron chi connectivity index (χ1n) is 10.8. The van der Waals surface area contributed by atoms with E-state index in [0.717, 1.165) is 22.2 Å². The lowest BCUT2D eigenvalue weighted by Crippen LogP contribution is -2.45. The van der Waals surface area contributed by atoms with Crippen molar-refractivity contribution >= 4 is 26.8 Å². The summed E-state index contributed by atoms with van der Waals surface area (Å²) in [5.41, 5.74) is 2.06. The Bertz CT molecular complexity index is 1220. The average Bonchev–Trinajstić information content (AvgIpc) is 3.19. The molecule has 2 aromatic carbocycles. The van der Waals surface area contributed by atoms with E-state index in [1.165, 1.54) is 4.31 Å². The molecule has 7 nitrogen and oxygen atoms in total. The van der Waals surface area contributed by atoms with Gasteiger partial charge in [-0.1, -0.05) is 12.1 Å². The number of carbonyl (C=O) groups excluding carboxylic acids is 1. The van der Waals surface area contributed by atoms with Crippen molar-refractivity contribution in [2.75, 3.05) is 26.7 Å². The maximum Gasteiger partial charge on any atom is 0.243 e. The highest BCUT2D eigenvalue weighted by Gasteiger charge is 2.33. The molecule has 1 fully saturated rings. The minimum atomic E-state index is -3.65. The summed E-state index contributed by atoms with van der Waals surface area (Å²) >= 11 is 0. The number of amides is 1. The molecule has 0 aliphatic carbocycles. The van der Waals surface area contributed by atoms with E-state index in [1.807, 2.05) is 54.2 Å². The monoisotopic (exact) mass is 455 g/mol. The van der Waals surface area contributed by atoms with Gasteiger partial charge in [0.05, 0.1) is 17.9 Å². The number of ether oxygens (including phenoxy) is 1. The fourth-order valence-corrected chi connectivity index (χ4v) is 5.81. The zero-order valence-corrected chi connectivity index (χ0v) is 19.3. The van der Waals surface area contributed by atoms with E-state index in [1.54, 1.807) is 19.2 Å². The Morgan fingerprint density at radius 2 is 2.03 bits per heavy atom. The van der Waals surface area contributed by atoms with Crippen LogP contribution in [0, 0.1) is 5.92 Å². The molecule has 0 spiro atoms. The predicted molar refractivity (Wildman–Crippen MR) is 124 cm³/mol. The summed E-state index contributed by atoms with van der Waals surface area (Å²) in [5.74, 6) is 0.353. The van der Waals surface area contributed by atoms with Gasteiger partial charge >= 0.3 is 0 Å². The second-order valence-corrected chi connectivity index (χ2v) is 10.2. The number of aryl methyl sites for hydroxylation is 1. The number of carbonyl (C=O) groups is 1. The number of hydrogen-bond acceptors (Lipinski definition) is 4. The highest BCUT2D eigenvalue weighted by atomic mass is 32.2. The molecule has 1 amide bonds. The fraction of sp³-hybridized carbons (Fsp3) is 0.375. The first kappa shape index (κ1) is 22.4. The number of nitrogens with zero attached hydrogens (tertiary/aromatic N) is 2. The molecule has 1 N–H and O–H groups in total. The summed E-state index contributed by atoms with van der Waals surface area (Å²) in [7, 11) is -0.0958. The van der Waals surface area contributed by atoms with Crippen LogP contribution in [0.15, 0.2) is 59.6 Å². The van der Waals surface area contributed by atoms with Crippen LogP contribution in [0.5, 0.6) is 5.75 Å². The van der Waals surface area contributed by atoms with Gasteiger partial charge < -0.3 is 14.6 Å². The Labute approximate surface area is 189 Å². The van der Waals surface area contributed by atoms with Gasteiger partial charge in [0.2, 0.25) is 15.9 Å². The number of hydrogen-bond donors (Lipinski definition) is 1. The molecule has 0 radical (unpaired) electrons. The van der Waals surface area contributed by atoms with Gasteiger partial charge in [-0.3, -0.25) is 4.79 Å². The van der Waals surface area contributed by atoms with Crippen LogP contribution < -0.4 is 10.1 Å². The molecule has 1 unspecified atom stereocenters. The number of fused-ring (bicyclic) bond motifs is 1. The van der Waals surface area contributed by atoms with Gasteiger partial charge in [0, 0.05) is 43.8 Å². The highest BCUT2D eigenvalue weighted by molar-refractivity contribution is 7.89. The topological polar surface area (TPSA) is 80.6 Å². The standard InChI is InChI=1S/C24H29N3O4S/c1-26-14-11-19-16-22(8-9-23(19)26)32(29,30)27-13-4-6-20(17-27)24(28)25-12-10-18-5-3-7-21(15-18)31-2/h3,5,7-9,11,14-16,20H,4,6,10,12-13,17H2,1-2H3,(H,25,28). The molecular formula is C24H29N3O4S. The van der Waals surface area contributed by atoms with Crippen LogP contribution >= 0.6 is 0 Å². The van der Waals surface area contributed by atoms with Crippen LogP contribution in [0.2, 0.25) is 0 Å². The van der Waals surface area contributed by atoms with Crippen LogP contribution in [0.25, 0.3) is 10.9 Å². The summed E-state index contributed by atoms with van der Waals surface area (Å²) in [4.78, 5) is 13.0. The van der Waals surface area contributed by atoms with Crippen molar-refractivity contribution in [3.8, 4) is 5.75 Å². The van der Waals surface area contributed by atoms with Crippen molar-refractivity contribution in [1.29, 1.82) is 0 Å². The molecule has 32 heavy (non-hydrogen) atoms. The van der Waals surface area contributed by atoms with Gasteiger partial charge in [-0.25, -0.2) is 8.42 Å². The number of rotatable bonds is 7. The molecule has 1 atom stereocenters. The van der Waals surface area contributed by atoms with Crippen molar-refractivity contribution in [1.82, 2.24) is 14.2 Å². The molecule has 1 aliphatic rings. The van der Waals surface area contributed by atoms with Crippen molar-refractivity contribution in [2.24, 2.45) is 13.0 Å². The van der Waals surface area contributed by atoms with Crippen LogP contribution in [0.1, 0.15) is 18.4 Å². The molecular weight excluding hydrogens is 426 g/mol. The Morgan fingerprint density at radius 1 is 1.19 bits per heavy atom. The Hall–Kier alpha value is -2.84. The molecule has 1 aliphatic heterocycles. The van der Waals surface area contributed by atoms with Crippen LogP contribution in [0.3, 0.4) is 0 Å². The summed E-state index contributed by atoms with van der Waals surface area (Å²) in [5, 5.41) is 3.86. The van der Waals surface area contributed by atoms with Gasteiger partial charge in [0.1, 0.15) is 5.75 Å². The number of piperidine rings is 1. The van der Waals surface area contributed by atoms with E-state index in [9.17, 15) is 13.2 Å². The van der Waals surface area contributed by atoms with Crippen molar-refractivity contribution in [2.45, 2.75) is 24.2 Å². The lowest BCUT2D eigenvalue weighted by Gasteiger charge is -2.31. The summed E-state index contributed by atoms with van der Waals surface area (Å²) < 4.78 is 35.1. The van der Waals surface area contributed by atoms with E-state index in [4.69, 9.17) is 4.74 Å². The minimum Gasteiger partial charge on any atom is -0.497 e. The lowest BCUT2D eigenvalue weighted by atomic mass is 9.99. The number of methoxy groups -OCH3 is 1. The zero-order valence-electron chi connectivity index (χ0n) is 18.5. The van der Waals surface area contributed by atoms with Gasteiger partial charge in [-0.05, 0) is 61.2 Å². The van der Waals surface area contributed by atoms with E-state index in [0.29, 0.717) is 32.4 Å². The summed E-state index contributed by atoms with van der Waals surface area (Å²) in [6, 6.07) is 14.8. The summed E-state index contributed by atoms with van der Waals surface area (Å²) in [6.07, 6.45) is 3.96. The van der Waals surface area contributed by atoms with E-state index in [2.05, 4.69) is 5.32 Å². The number of nitrogens with one attached hydrogen (secondary N) is 1. The maximum absolute atomic E-state index is 13.2. The van der Waals surface area contributed by atoms with Crippen molar-refractivity contribution < 1.29 is 17.9 Å². The van der Waals surface area contributed by atoms with Crippen LogP contribution in [-0.2, 0) is 28.3 Å². The molecule has 1 aromatic heterocycles. The zero-order chi connectivity index (χ0) is 22.7. The van der Waals surface area contributed by atoms with E-state index < -0.39 is 10.0 Å². The fourth-order valence-electron chi connectivity index (χ4n) is 4.25. The van der Waals surface area contributed by atoms with Gasteiger partial charge in [-0.2, -0.15) is 4.31 Å². The molecule has 8 heteroatoms. The first-order chi connectivity index (χ1) is 15.4. The molecule has 4 rings (SSSR count). The first-order valence-corrected chi connectivity index (χ1v) is 12.3. The van der Waals surface area contributed by atoms with Crippen molar-refractivity contribution in [3.05, 3.63) is 60.3 Å². The molecule has 170 valence electrons.